The molecule has 2 fully saturated rings. The van der Waals surface area contributed by atoms with Gasteiger partial charge in [0, 0.05) is 25.2 Å². The Hall–Kier alpha value is -2.66. The second kappa shape index (κ2) is 8.57. The van der Waals surface area contributed by atoms with E-state index in [0.29, 0.717) is 13.1 Å². The number of nitrogens with one attached hydrogen (secondary N) is 1. The quantitative estimate of drug-likeness (QED) is 0.842. The van der Waals surface area contributed by atoms with Crippen molar-refractivity contribution in [1.82, 2.24) is 10.2 Å². The van der Waals surface area contributed by atoms with Crippen LogP contribution in [0.1, 0.15) is 30.9 Å². The van der Waals surface area contributed by atoms with Crippen molar-refractivity contribution in [3.8, 4) is 0 Å². The van der Waals surface area contributed by atoms with Crippen LogP contribution < -0.4 is 10.2 Å². The van der Waals surface area contributed by atoms with Crippen LogP contribution in [0.2, 0.25) is 0 Å². The van der Waals surface area contributed by atoms with E-state index in [2.05, 4.69) is 22.3 Å². The first kappa shape index (κ1) is 18.7. The molecule has 5 heteroatoms. The van der Waals surface area contributed by atoms with Gasteiger partial charge >= 0.3 is 0 Å². The van der Waals surface area contributed by atoms with Crippen LogP contribution in [0.5, 0.6) is 0 Å². The van der Waals surface area contributed by atoms with E-state index in [1.165, 1.54) is 18.4 Å². The fourth-order valence-corrected chi connectivity index (χ4v) is 4.27. The fraction of sp³-hybridized carbons (Fsp3) is 0.391. The summed E-state index contributed by atoms with van der Waals surface area (Å²) in [6.45, 7) is 3.17. The summed E-state index contributed by atoms with van der Waals surface area (Å²) in [5.74, 6) is -0.292. The monoisotopic (exact) mass is 377 g/mol. The molecule has 0 bridgehead atoms. The minimum absolute atomic E-state index is 0.0190. The average molecular weight is 377 g/mol. The van der Waals surface area contributed by atoms with Crippen molar-refractivity contribution >= 4 is 17.5 Å². The molecule has 4 rings (SSSR count). The lowest BCUT2D eigenvalue weighted by atomic mass is 10.0. The summed E-state index contributed by atoms with van der Waals surface area (Å²) in [6.07, 6.45) is 2.70. The Morgan fingerprint density at radius 2 is 1.64 bits per heavy atom. The second-order valence-electron chi connectivity index (χ2n) is 7.66. The second-order valence-corrected chi connectivity index (χ2v) is 7.66. The van der Waals surface area contributed by atoms with Crippen LogP contribution in [-0.2, 0) is 9.59 Å². The Labute approximate surface area is 166 Å². The highest BCUT2D eigenvalue weighted by Crippen LogP contribution is 2.27. The largest absolute Gasteiger partial charge is 0.354 e. The van der Waals surface area contributed by atoms with E-state index in [-0.39, 0.29) is 30.2 Å². The van der Waals surface area contributed by atoms with Crippen molar-refractivity contribution < 1.29 is 9.59 Å². The van der Waals surface area contributed by atoms with Gasteiger partial charge < -0.3 is 10.2 Å². The van der Waals surface area contributed by atoms with Crippen molar-refractivity contribution in [2.45, 2.75) is 25.3 Å². The van der Waals surface area contributed by atoms with E-state index in [0.717, 1.165) is 18.8 Å². The van der Waals surface area contributed by atoms with Crippen LogP contribution in [0.4, 0.5) is 5.69 Å². The van der Waals surface area contributed by atoms with Crippen LogP contribution in [0.15, 0.2) is 60.7 Å². The van der Waals surface area contributed by atoms with E-state index >= 15 is 0 Å². The molecule has 1 N–H and O–H groups in total. The van der Waals surface area contributed by atoms with E-state index in [1.807, 2.05) is 48.5 Å². The molecule has 0 aliphatic carbocycles. The number of nitrogens with zero attached hydrogens (tertiary/aromatic N) is 2. The number of amides is 2. The van der Waals surface area contributed by atoms with Crippen LogP contribution in [0.3, 0.4) is 0 Å². The van der Waals surface area contributed by atoms with Gasteiger partial charge in [0.1, 0.15) is 0 Å². The van der Waals surface area contributed by atoms with Gasteiger partial charge in [0.05, 0.1) is 12.0 Å². The summed E-state index contributed by atoms with van der Waals surface area (Å²) < 4.78 is 0. The highest BCUT2D eigenvalue weighted by atomic mass is 16.2. The smallest absolute Gasteiger partial charge is 0.227 e. The van der Waals surface area contributed by atoms with Gasteiger partial charge in [-0.15, -0.1) is 0 Å². The molecule has 146 valence electrons. The predicted octanol–water partition coefficient (Wildman–Crippen LogP) is 2.99. The van der Waals surface area contributed by atoms with Crippen molar-refractivity contribution in [3.63, 3.8) is 0 Å². The highest BCUT2D eigenvalue weighted by Gasteiger charge is 2.35. The number of hydrogen-bond donors (Lipinski definition) is 1. The first-order valence-electron chi connectivity index (χ1n) is 10.1. The zero-order valence-electron chi connectivity index (χ0n) is 16.1. The van der Waals surface area contributed by atoms with Gasteiger partial charge in [0.2, 0.25) is 11.8 Å². The van der Waals surface area contributed by atoms with Gasteiger partial charge in [-0.05, 0) is 43.6 Å². The van der Waals surface area contributed by atoms with Crippen molar-refractivity contribution in [3.05, 3.63) is 66.2 Å². The van der Waals surface area contributed by atoms with E-state index in [4.69, 9.17) is 0 Å². The van der Waals surface area contributed by atoms with Gasteiger partial charge in [0.15, 0.2) is 0 Å². The number of carbonyl (C=O) groups excluding carboxylic acids is 2. The maximum atomic E-state index is 12.8. The molecule has 2 aliphatic heterocycles. The molecule has 0 aromatic heterocycles. The number of para-hydroxylation sites is 1. The van der Waals surface area contributed by atoms with Gasteiger partial charge in [-0.25, -0.2) is 0 Å². The minimum Gasteiger partial charge on any atom is -0.354 e. The standard InChI is InChI=1S/C23H27N3O2/c27-22-15-19(17-26(22)20-11-5-2-6-12-20)23(28)24-16-21(25-13-7-8-14-25)18-9-3-1-4-10-18/h1-6,9-12,19,21H,7-8,13-17H2,(H,24,28). The molecule has 2 saturated heterocycles. The summed E-state index contributed by atoms with van der Waals surface area (Å²) in [5, 5.41) is 3.13. The lowest BCUT2D eigenvalue weighted by Gasteiger charge is -2.28. The van der Waals surface area contributed by atoms with E-state index < -0.39 is 0 Å². The van der Waals surface area contributed by atoms with Gasteiger partial charge in [-0.1, -0.05) is 48.5 Å². The Morgan fingerprint density at radius 3 is 2.32 bits per heavy atom. The third kappa shape index (κ3) is 4.09. The molecular weight excluding hydrogens is 350 g/mol. The van der Waals surface area contributed by atoms with E-state index in [9.17, 15) is 9.59 Å². The summed E-state index contributed by atoms with van der Waals surface area (Å²) in [6, 6.07) is 20.1. The Bertz CT molecular complexity index is 803. The molecule has 2 amide bonds. The number of anilines is 1. The molecule has 2 aliphatic rings. The van der Waals surface area contributed by atoms with Crippen LogP contribution in [-0.4, -0.2) is 42.9 Å². The summed E-state index contributed by atoms with van der Waals surface area (Å²) in [5.41, 5.74) is 2.10. The summed E-state index contributed by atoms with van der Waals surface area (Å²) in [7, 11) is 0. The maximum absolute atomic E-state index is 12.8. The molecule has 2 unspecified atom stereocenters. The molecule has 0 spiro atoms. The zero-order chi connectivity index (χ0) is 19.3. The van der Waals surface area contributed by atoms with Gasteiger partial charge in [-0.3, -0.25) is 14.5 Å². The van der Waals surface area contributed by atoms with Crippen molar-refractivity contribution in [1.29, 1.82) is 0 Å². The highest BCUT2D eigenvalue weighted by molar-refractivity contribution is 6.00. The third-order valence-electron chi connectivity index (χ3n) is 5.80. The van der Waals surface area contributed by atoms with Gasteiger partial charge in [0.25, 0.3) is 0 Å². The lowest BCUT2D eigenvalue weighted by Crippen LogP contribution is -2.40. The van der Waals surface area contributed by atoms with E-state index in [1.54, 1.807) is 4.90 Å². The normalized spacial score (nSPS) is 21.1. The molecule has 28 heavy (non-hydrogen) atoms. The third-order valence-corrected chi connectivity index (χ3v) is 5.80. The van der Waals surface area contributed by atoms with Crippen LogP contribution >= 0.6 is 0 Å². The molecule has 2 aromatic carbocycles. The number of benzene rings is 2. The maximum Gasteiger partial charge on any atom is 0.227 e. The average Bonchev–Trinajstić information content (AvgIpc) is 3.40. The first-order valence-corrected chi connectivity index (χ1v) is 10.1. The van der Waals surface area contributed by atoms with Crippen LogP contribution in [0, 0.1) is 5.92 Å². The zero-order valence-corrected chi connectivity index (χ0v) is 16.1. The predicted molar refractivity (Wildman–Crippen MR) is 110 cm³/mol. The van der Waals surface area contributed by atoms with Crippen molar-refractivity contribution in [2.75, 3.05) is 31.1 Å². The number of likely N-dealkylation sites (tertiary alicyclic amines) is 1. The van der Waals surface area contributed by atoms with Gasteiger partial charge in [-0.2, -0.15) is 0 Å². The SMILES string of the molecule is O=C(NCC(c1ccccc1)N1CCCC1)C1CC(=O)N(c2ccccc2)C1. The number of rotatable bonds is 6. The molecular formula is C23H27N3O2. The number of carbonyl (C=O) groups is 2. The first-order chi connectivity index (χ1) is 13.7. The van der Waals surface area contributed by atoms with Crippen LogP contribution in [0.25, 0.3) is 0 Å². The Balaban J connectivity index is 1.39. The molecule has 2 heterocycles. The van der Waals surface area contributed by atoms with Crippen molar-refractivity contribution in [2.24, 2.45) is 5.92 Å². The molecule has 2 aromatic rings. The Morgan fingerprint density at radius 1 is 1.00 bits per heavy atom. The summed E-state index contributed by atoms with van der Waals surface area (Å²) in [4.78, 5) is 29.4. The molecule has 2 atom stereocenters. The topological polar surface area (TPSA) is 52.7 Å². The Kier molecular flexibility index (Phi) is 5.72. The minimum atomic E-state index is -0.289. The molecule has 5 nitrogen and oxygen atoms in total. The fourth-order valence-electron chi connectivity index (χ4n) is 4.27. The lowest BCUT2D eigenvalue weighted by molar-refractivity contribution is -0.126. The molecule has 0 saturated carbocycles. The molecule has 0 radical (unpaired) electrons. The number of hydrogen-bond acceptors (Lipinski definition) is 3. The summed E-state index contributed by atoms with van der Waals surface area (Å²) >= 11 is 0.